The lowest BCUT2D eigenvalue weighted by Gasteiger charge is -2.09. The molecule has 0 radical (unpaired) electrons. The quantitative estimate of drug-likeness (QED) is 0.369. The summed E-state index contributed by atoms with van der Waals surface area (Å²) in [6.45, 7) is 3.94. The number of nitrogens with zero attached hydrogens (tertiary/aromatic N) is 2. The molecule has 0 bridgehead atoms. The first-order valence-corrected chi connectivity index (χ1v) is 11.0. The van der Waals surface area contributed by atoms with Crippen molar-refractivity contribution in [1.29, 1.82) is 0 Å². The molecule has 1 N–H and O–H groups in total. The summed E-state index contributed by atoms with van der Waals surface area (Å²) in [5.41, 5.74) is 7.49. The van der Waals surface area contributed by atoms with E-state index in [1.54, 1.807) is 18.3 Å². The van der Waals surface area contributed by atoms with Gasteiger partial charge in [-0.3, -0.25) is 4.79 Å². The van der Waals surface area contributed by atoms with Crippen LogP contribution in [0.3, 0.4) is 0 Å². The van der Waals surface area contributed by atoms with Crippen molar-refractivity contribution < 1.29 is 9.18 Å². The minimum absolute atomic E-state index is 0.145. The number of hydrogen-bond acceptors (Lipinski definition) is 3. The highest BCUT2D eigenvalue weighted by Crippen LogP contribution is 2.20. The molecule has 1 heterocycles. The van der Waals surface area contributed by atoms with Gasteiger partial charge >= 0.3 is 0 Å². The number of aryl methyl sites for hydroxylation is 1. The fraction of sp³-hybridized carbons (Fsp3) is 0.182. The summed E-state index contributed by atoms with van der Waals surface area (Å²) in [6, 6.07) is 16.4. The molecule has 29 heavy (non-hydrogen) atoms. The first kappa shape index (κ1) is 21.3. The number of carbonyl (C=O) groups excluding carboxylic acids is 1. The third kappa shape index (κ3) is 5.81. The SMILES string of the molecule is Cc1cc(/C=N\NC(=O)CSCc2cccc(Br)c2)c(C)n1-c1ccc(F)cc1. The van der Waals surface area contributed by atoms with Crippen molar-refractivity contribution in [3.63, 3.8) is 0 Å². The lowest BCUT2D eigenvalue weighted by Crippen LogP contribution is -2.19. The van der Waals surface area contributed by atoms with Gasteiger partial charge in [0.25, 0.3) is 0 Å². The minimum atomic E-state index is -0.265. The third-order valence-electron chi connectivity index (χ3n) is 4.34. The van der Waals surface area contributed by atoms with Crippen LogP contribution in [0.4, 0.5) is 4.39 Å². The Kier molecular flexibility index (Phi) is 7.28. The standard InChI is InChI=1S/C22H21BrFN3OS/c1-15-10-18(16(2)27(15)21-8-6-20(24)7-9-21)12-25-26-22(28)14-29-13-17-4-3-5-19(23)11-17/h3-12H,13-14H2,1-2H3,(H,26,28)/b25-12-. The second-order valence-corrected chi connectivity index (χ2v) is 8.46. The van der Waals surface area contributed by atoms with E-state index in [9.17, 15) is 9.18 Å². The Labute approximate surface area is 182 Å². The van der Waals surface area contributed by atoms with E-state index in [1.807, 2.05) is 48.7 Å². The van der Waals surface area contributed by atoms with E-state index in [4.69, 9.17) is 0 Å². The van der Waals surface area contributed by atoms with Gasteiger partial charge in [0.05, 0.1) is 12.0 Å². The van der Waals surface area contributed by atoms with Gasteiger partial charge in [-0.05, 0) is 61.9 Å². The number of benzene rings is 2. The summed E-state index contributed by atoms with van der Waals surface area (Å²) in [5.74, 6) is 0.681. The number of rotatable bonds is 7. The zero-order chi connectivity index (χ0) is 20.8. The average molecular weight is 474 g/mol. The van der Waals surface area contributed by atoms with Crippen LogP contribution in [0.5, 0.6) is 0 Å². The molecular formula is C22H21BrFN3OS. The molecule has 0 atom stereocenters. The van der Waals surface area contributed by atoms with Crippen LogP contribution in [-0.2, 0) is 10.5 Å². The highest BCUT2D eigenvalue weighted by molar-refractivity contribution is 9.10. The Hall–Kier alpha value is -2.38. The van der Waals surface area contributed by atoms with E-state index in [2.05, 4.69) is 26.5 Å². The van der Waals surface area contributed by atoms with Crippen LogP contribution in [0.25, 0.3) is 5.69 Å². The molecule has 1 amide bonds. The van der Waals surface area contributed by atoms with E-state index < -0.39 is 0 Å². The molecule has 0 aliphatic heterocycles. The van der Waals surface area contributed by atoms with Gasteiger partial charge in [0.15, 0.2) is 0 Å². The molecule has 150 valence electrons. The zero-order valence-electron chi connectivity index (χ0n) is 16.2. The number of hydrogen-bond donors (Lipinski definition) is 1. The molecule has 4 nitrogen and oxygen atoms in total. The third-order valence-corrected chi connectivity index (χ3v) is 5.84. The highest BCUT2D eigenvalue weighted by atomic mass is 79.9. The number of carbonyl (C=O) groups is 1. The maximum absolute atomic E-state index is 13.2. The summed E-state index contributed by atoms with van der Waals surface area (Å²) < 4.78 is 16.2. The van der Waals surface area contributed by atoms with Gasteiger partial charge in [0, 0.05) is 32.9 Å². The zero-order valence-corrected chi connectivity index (χ0v) is 18.6. The maximum Gasteiger partial charge on any atom is 0.250 e. The van der Waals surface area contributed by atoms with Crippen molar-refractivity contribution in [2.45, 2.75) is 19.6 Å². The predicted molar refractivity (Wildman–Crippen MR) is 121 cm³/mol. The first-order valence-electron chi connectivity index (χ1n) is 9.03. The van der Waals surface area contributed by atoms with Crippen molar-refractivity contribution in [3.8, 4) is 5.69 Å². The summed E-state index contributed by atoms with van der Waals surface area (Å²) in [5, 5.41) is 4.09. The molecule has 0 unspecified atom stereocenters. The number of halogens is 2. The molecular weight excluding hydrogens is 453 g/mol. The molecule has 0 saturated heterocycles. The summed E-state index contributed by atoms with van der Waals surface area (Å²) in [4.78, 5) is 12.0. The summed E-state index contributed by atoms with van der Waals surface area (Å²) in [6.07, 6.45) is 1.64. The number of nitrogens with one attached hydrogen (secondary N) is 1. The lowest BCUT2D eigenvalue weighted by atomic mass is 10.2. The molecule has 3 aromatic rings. The Bertz CT molecular complexity index is 1030. The second-order valence-electron chi connectivity index (χ2n) is 6.55. The van der Waals surface area contributed by atoms with Gasteiger partial charge in [0.2, 0.25) is 5.91 Å². The number of aromatic nitrogens is 1. The minimum Gasteiger partial charge on any atom is -0.318 e. The van der Waals surface area contributed by atoms with Crippen LogP contribution in [0.1, 0.15) is 22.5 Å². The molecule has 0 aliphatic rings. The van der Waals surface area contributed by atoms with Crippen LogP contribution >= 0.6 is 27.7 Å². The van der Waals surface area contributed by atoms with Crippen molar-refractivity contribution >= 4 is 39.8 Å². The highest BCUT2D eigenvalue weighted by Gasteiger charge is 2.09. The summed E-state index contributed by atoms with van der Waals surface area (Å²) in [7, 11) is 0. The van der Waals surface area contributed by atoms with Gasteiger partial charge in [0.1, 0.15) is 5.82 Å². The maximum atomic E-state index is 13.2. The molecule has 0 saturated carbocycles. The fourth-order valence-electron chi connectivity index (χ4n) is 3.00. The Morgan fingerprint density at radius 1 is 1.21 bits per heavy atom. The van der Waals surface area contributed by atoms with Gasteiger partial charge in [-0.25, -0.2) is 9.82 Å². The number of hydrazone groups is 1. The normalized spacial score (nSPS) is 11.2. The van der Waals surface area contributed by atoms with E-state index >= 15 is 0 Å². The van der Waals surface area contributed by atoms with E-state index in [0.29, 0.717) is 5.75 Å². The largest absolute Gasteiger partial charge is 0.318 e. The van der Waals surface area contributed by atoms with Crippen LogP contribution in [-0.4, -0.2) is 22.4 Å². The Balaban J connectivity index is 1.55. The topological polar surface area (TPSA) is 46.4 Å². The first-order chi connectivity index (χ1) is 13.9. The lowest BCUT2D eigenvalue weighted by molar-refractivity contribution is -0.118. The van der Waals surface area contributed by atoms with Crippen molar-refractivity contribution in [2.24, 2.45) is 5.10 Å². The fourth-order valence-corrected chi connectivity index (χ4v) is 4.21. The van der Waals surface area contributed by atoms with Gasteiger partial charge in [-0.1, -0.05) is 28.1 Å². The molecule has 2 aromatic carbocycles. The molecule has 3 rings (SSSR count). The average Bonchev–Trinajstić information content (AvgIpc) is 2.96. The Morgan fingerprint density at radius 3 is 2.69 bits per heavy atom. The summed E-state index contributed by atoms with van der Waals surface area (Å²) >= 11 is 4.98. The van der Waals surface area contributed by atoms with Crippen molar-refractivity contribution in [1.82, 2.24) is 9.99 Å². The van der Waals surface area contributed by atoms with Crippen LogP contribution in [0.2, 0.25) is 0 Å². The van der Waals surface area contributed by atoms with Crippen LogP contribution < -0.4 is 5.43 Å². The predicted octanol–water partition coefficient (Wildman–Crippen LogP) is 5.38. The second kappa shape index (κ2) is 9.89. The van der Waals surface area contributed by atoms with E-state index in [-0.39, 0.29) is 11.7 Å². The van der Waals surface area contributed by atoms with Crippen LogP contribution in [0, 0.1) is 19.7 Å². The molecule has 0 aliphatic carbocycles. The van der Waals surface area contributed by atoms with E-state index in [0.717, 1.165) is 38.4 Å². The van der Waals surface area contributed by atoms with E-state index in [1.165, 1.54) is 23.9 Å². The van der Waals surface area contributed by atoms with Gasteiger partial charge < -0.3 is 4.57 Å². The van der Waals surface area contributed by atoms with Crippen molar-refractivity contribution in [2.75, 3.05) is 5.75 Å². The molecule has 0 spiro atoms. The number of thioether (sulfide) groups is 1. The Morgan fingerprint density at radius 2 is 1.97 bits per heavy atom. The van der Waals surface area contributed by atoms with Gasteiger partial charge in [-0.2, -0.15) is 5.10 Å². The smallest absolute Gasteiger partial charge is 0.250 e. The van der Waals surface area contributed by atoms with Crippen molar-refractivity contribution in [3.05, 3.63) is 87.4 Å². The van der Waals surface area contributed by atoms with Gasteiger partial charge in [-0.15, -0.1) is 11.8 Å². The molecule has 0 fully saturated rings. The molecule has 1 aromatic heterocycles. The molecule has 7 heteroatoms. The van der Waals surface area contributed by atoms with Crippen LogP contribution in [0.15, 0.2) is 64.2 Å². The monoisotopic (exact) mass is 473 g/mol. The number of amides is 1.